The summed E-state index contributed by atoms with van der Waals surface area (Å²) >= 11 is 0. The van der Waals surface area contributed by atoms with E-state index < -0.39 is 36.4 Å². The number of amides is 6. The quantitative estimate of drug-likeness (QED) is 0.0988. The van der Waals surface area contributed by atoms with Crippen molar-refractivity contribution in [1.82, 2.24) is 25.4 Å². The van der Waals surface area contributed by atoms with Crippen LogP contribution < -0.4 is 26.2 Å². The minimum atomic E-state index is -0.821. The number of nitrogens with zero attached hydrogens (tertiary/aromatic N) is 4. The van der Waals surface area contributed by atoms with Crippen molar-refractivity contribution in [2.75, 3.05) is 42.8 Å². The minimum absolute atomic E-state index is 0.00850. The fourth-order valence-corrected chi connectivity index (χ4v) is 9.58. The molecule has 6 amide bonds. The number of pyridine rings is 1. The van der Waals surface area contributed by atoms with Crippen LogP contribution >= 0.6 is 0 Å². The highest BCUT2D eigenvalue weighted by molar-refractivity contribution is 5.99. The number of hydrogen-bond donors (Lipinski definition) is 4. The van der Waals surface area contributed by atoms with Crippen LogP contribution in [0.25, 0.3) is 11.1 Å². The van der Waals surface area contributed by atoms with Gasteiger partial charge in [0.15, 0.2) is 0 Å². The lowest BCUT2D eigenvalue weighted by Crippen LogP contribution is -2.54. The van der Waals surface area contributed by atoms with Crippen LogP contribution in [-0.2, 0) is 28.7 Å². The number of anilines is 3. The molecule has 4 N–H and O–H groups in total. The van der Waals surface area contributed by atoms with Gasteiger partial charge in [-0.05, 0) is 115 Å². The second kappa shape index (κ2) is 21.6. The first-order valence-corrected chi connectivity index (χ1v) is 23.2. The summed E-state index contributed by atoms with van der Waals surface area (Å²) in [4.78, 5) is 88.5. The van der Waals surface area contributed by atoms with E-state index in [2.05, 4.69) is 55.4 Å². The van der Waals surface area contributed by atoms with E-state index in [0.717, 1.165) is 40.8 Å². The summed E-state index contributed by atoms with van der Waals surface area (Å²) in [6.45, 7) is 8.18. The molecule has 354 valence electrons. The molecule has 6 atom stereocenters. The molecule has 0 bridgehead atoms. The molecule has 16 nitrogen and oxygen atoms in total. The van der Waals surface area contributed by atoms with Crippen LogP contribution in [0.5, 0.6) is 0 Å². The topological polar surface area (TPSA) is 192 Å². The zero-order valence-electron chi connectivity index (χ0n) is 39.1. The fraction of sp³-hybridized carbons (Fsp3) is 0.431. The summed E-state index contributed by atoms with van der Waals surface area (Å²) < 4.78 is 9.49. The Kier molecular flexibility index (Phi) is 15.4. The fourth-order valence-electron chi connectivity index (χ4n) is 9.58. The molecule has 3 aromatic carbocycles. The molecule has 0 spiro atoms. The number of rotatable bonds is 14. The molecule has 16 heteroatoms. The Morgan fingerprint density at radius 1 is 0.582 bits per heavy atom. The number of hydrogen-bond acceptors (Lipinski definition) is 10. The lowest BCUT2D eigenvalue weighted by molar-refractivity contribution is -0.139. The van der Waals surface area contributed by atoms with E-state index in [9.17, 15) is 28.8 Å². The smallest absolute Gasteiger partial charge is 0.407 e. The zero-order valence-corrected chi connectivity index (χ0v) is 39.1. The van der Waals surface area contributed by atoms with Crippen molar-refractivity contribution >= 4 is 52.9 Å². The van der Waals surface area contributed by atoms with Crippen LogP contribution in [0.1, 0.15) is 89.4 Å². The lowest BCUT2D eigenvalue weighted by Gasteiger charge is -2.34. The van der Waals surface area contributed by atoms with Crippen LogP contribution in [0.15, 0.2) is 97.3 Å². The molecule has 0 aliphatic carbocycles. The standard InChI is InChI=1S/C51H62N8O8/c1-31(2)44(55-50(64)66-5)48(62)57-28-8-11-42(57)46(60)53-37-19-13-34(14-20-37)40-25-26-41(59(40)39-23-17-33(18-24-39)36-10-7-27-52-30-36)35-15-21-38(22-16-35)54-47(61)43-12-9-29-58(43)49(63)45(32(3)4)56-51(65)67-6/h7,10,13-24,27,30-32,40-45H,8-9,11-12,25-26,28-29H2,1-6H3,(H,53,60)(H,54,61)(H,55,64)(H,56,65)/t40?,41?,42-,43?,44-,45-/m0/s1. The molecule has 3 aliphatic heterocycles. The Bertz CT molecular complexity index is 2250. The highest BCUT2D eigenvalue weighted by Gasteiger charge is 2.41. The number of likely N-dealkylation sites (tertiary alicyclic amines) is 2. The van der Waals surface area contributed by atoms with Gasteiger partial charge < -0.3 is 45.4 Å². The molecule has 67 heavy (non-hydrogen) atoms. The molecule has 0 radical (unpaired) electrons. The van der Waals surface area contributed by atoms with E-state index in [-0.39, 0.29) is 47.5 Å². The molecule has 3 unspecified atom stereocenters. The number of alkyl carbamates (subject to hydrolysis) is 2. The van der Waals surface area contributed by atoms with Gasteiger partial charge in [0, 0.05) is 42.5 Å². The van der Waals surface area contributed by atoms with Crippen molar-refractivity contribution in [2.24, 2.45) is 11.8 Å². The Balaban J connectivity index is 1.07. The molecule has 1 aromatic heterocycles. The highest BCUT2D eigenvalue weighted by atomic mass is 16.5. The van der Waals surface area contributed by atoms with E-state index in [4.69, 9.17) is 9.47 Å². The Hall–Kier alpha value is -6.97. The van der Waals surface area contributed by atoms with E-state index in [0.29, 0.717) is 50.1 Å². The van der Waals surface area contributed by atoms with Gasteiger partial charge in [-0.1, -0.05) is 70.2 Å². The number of carbonyl (C=O) groups excluding carboxylic acids is 6. The number of nitrogens with one attached hydrogen (secondary N) is 4. The number of aromatic nitrogens is 1. The Morgan fingerprint density at radius 3 is 1.42 bits per heavy atom. The first-order chi connectivity index (χ1) is 32.3. The predicted octanol–water partition coefficient (Wildman–Crippen LogP) is 7.45. The third-order valence-corrected chi connectivity index (χ3v) is 13.1. The highest BCUT2D eigenvalue weighted by Crippen LogP contribution is 2.47. The van der Waals surface area contributed by atoms with Gasteiger partial charge in [-0.25, -0.2) is 9.59 Å². The summed E-state index contributed by atoms with van der Waals surface area (Å²) in [6.07, 6.45) is 6.28. The average Bonchev–Trinajstić information content (AvgIpc) is 4.14. The number of benzene rings is 3. The van der Waals surface area contributed by atoms with Gasteiger partial charge in [-0.3, -0.25) is 24.2 Å². The molecular weight excluding hydrogens is 853 g/mol. The summed E-state index contributed by atoms with van der Waals surface area (Å²) in [5, 5.41) is 11.3. The number of carbonyl (C=O) groups is 6. The molecule has 0 saturated carbocycles. The normalized spacial score (nSPS) is 20.0. The molecule has 4 aromatic rings. The second-order valence-electron chi connectivity index (χ2n) is 18.1. The molecule has 7 rings (SSSR count). The zero-order chi connectivity index (χ0) is 47.8. The molecule has 3 aliphatic rings. The van der Waals surface area contributed by atoms with E-state index in [1.165, 1.54) is 14.2 Å². The summed E-state index contributed by atoms with van der Waals surface area (Å²) in [6, 6.07) is 25.2. The van der Waals surface area contributed by atoms with Gasteiger partial charge in [-0.15, -0.1) is 0 Å². The average molecular weight is 915 g/mol. The van der Waals surface area contributed by atoms with Crippen molar-refractivity contribution in [3.63, 3.8) is 0 Å². The predicted molar refractivity (Wildman–Crippen MR) is 255 cm³/mol. The number of methoxy groups -OCH3 is 2. The van der Waals surface area contributed by atoms with Crippen LogP contribution in [0.3, 0.4) is 0 Å². The molecular formula is C51H62N8O8. The van der Waals surface area contributed by atoms with Crippen molar-refractivity contribution in [3.8, 4) is 11.1 Å². The van der Waals surface area contributed by atoms with Gasteiger partial charge >= 0.3 is 12.2 Å². The van der Waals surface area contributed by atoms with Crippen molar-refractivity contribution in [2.45, 2.75) is 102 Å². The van der Waals surface area contributed by atoms with Crippen molar-refractivity contribution in [3.05, 3.63) is 108 Å². The SMILES string of the molecule is COC(=O)N[C@H](C(=O)N1CCCC1C(=O)Nc1ccc(C2CCC(c3ccc(NC(=O)[C@@H]4CCCN4C(=O)[C@@H](NC(=O)OC)C(C)C)cc3)N2c2ccc(-c3cccnc3)cc2)cc1)C(C)C. The first kappa shape index (κ1) is 48.0. The van der Waals surface area contributed by atoms with Crippen LogP contribution in [0.4, 0.5) is 26.7 Å². The van der Waals surface area contributed by atoms with Crippen molar-refractivity contribution < 1.29 is 38.2 Å². The van der Waals surface area contributed by atoms with Gasteiger partial charge in [-0.2, -0.15) is 0 Å². The van der Waals surface area contributed by atoms with Gasteiger partial charge in [0.05, 0.1) is 26.3 Å². The van der Waals surface area contributed by atoms with Gasteiger partial charge in [0.25, 0.3) is 0 Å². The molecule has 3 saturated heterocycles. The van der Waals surface area contributed by atoms with Crippen LogP contribution in [-0.4, -0.2) is 102 Å². The van der Waals surface area contributed by atoms with Crippen LogP contribution in [0.2, 0.25) is 0 Å². The number of ether oxygens (including phenoxy) is 2. The monoisotopic (exact) mass is 914 g/mol. The van der Waals surface area contributed by atoms with E-state index in [1.807, 2.05) is 94.6 Å². The molecule has 3 fully saturated rings. The maximum Gasteiger partial charge on any atom is 0.407 e. The second-order valence-corrected chi connectivity index (χ2v) is 18.1. The van der Waals surface area contributed by atoms with Gasteiger partial charge in [0.1, 0.15) is 24.2 Å². The largest absolute Gasteiger partial charge is 0.453 e. The van der Waals surface area contributed by atoms with Crippen LogP contribution in [0, 0.1) is 11.8 Å². The third kappa shape index (κ3) is 11.0. The molecule has 4 heterocycles. The van der Waals surface area contributed by atoms with E-state index in [1.54, 1.807) is 16.0 Å². The maximum atomic E-state index is 13.7. The summed E-state index contributed by atoms with van der Waals surface area (Å²) in [5.41, 5.74) is 6.48. The van der Waals surface area contributed by atoms with Crippen molar-refractivity contribution in [1.29, 1.82) is 0 Å². The summed E-state index contributed by atoms with van der Waals surface area (Å²) in [5.74, 6) is -1.60. The first-order valence-electron chi connectivity index (χ1n) is 23.2. The summed E-state index contributed by atoms with van der Waals surface area (Å²) in [7, 11) is 2.50. The lowest BCUT2D eigenvalue weighted by atomic mass is 10.0. The Labute approximate surface area is 392 Å². The third-order valence-electron chi connectivity index (χ3n) is 13.1. The van der Waals surface area contributed by atoms with E-state index >= 15 is 0 Å². The Morgan fingerprint density at radius 2 is 1.03 bits per heavy atom. The minimum Gasteiger partial charge on any atom is -0.453 e. The maximum absolute atomic E-state index is 13.7. The van der Waals surface area contributed by atoms with Gasteiger partial charge in [0.2, 0.25) is 23.6 Å².